The van der Waals surface area contributed by atoms with E-state index in [4.69, 9.17) is 0 Å². The van der Waals surface area contributed by atoms with Crippen molar-refractivity contribution >= 4 is 22.4 Å². The van der Waals surface area contributed by atoms with Crippen LogP contribution in [0.25, 0.3) is 0 Å². The zero-order chi connectivity index (χ0) is 17.2. The van der Waals surface area contributed by atoms with Gasteiger partial charge in [0.25, 0.3) is 0 Å². The first-order chi connectivity index (χ1) is 11.4. The van der Waals surface area contributed by atoms with Gasteiger partial charge in [0.2, 0.25) is 10.0 Å². The van der Waals surface area contributed by atoms with Crippen LogP contribution >= 0.6 is 12.4 Å². The van der Waals surface area contributed by atoms with Gasteiger partial charge in [0.1, 0.15) is 11.6 Å². The van der Waals surface area contributed by atoms with Crippen molar-refractivity contribution in [1.29, 1.82) is 0 Å². The average molecular weight is 389 g/mol. The molecule has 1 heterocycles. The van der Waals surface area contributed by atoms with Crippen molar-refractivity contribution in [3.63, 3.8) is 0 Å². The maximum absolute atomic E-state index is 13.3. The van der Waals surface area contributed by atoms with Gasteiger partial charge in [-0.2, -0.15) is 4.31 Å². The van der Waals surface area contributed by atoms with E-state index in [2.05, 4.69) is 4.90 Å². The van der Waals surface area contributed by atoms with Gasteiger partial charge in [-0.1, -0.05) is 18.2 Å². The van der Waals surface area contributed by atoms with E-state index < -0.39 is 15.8 Å². The van der Waals surface area contributed by atoms with Crippen LogP contribution in [0.3, 0.4) is 0 Å². The number of nitrogens with zero attached hydrogens (tertiary/aromatic N) is 2. The molecule has 2 aromatic rings. The molecule has 1 fully saturated rings. The van der Waals surface area contributed by atoms with E-state index in [0.717, 1.165) is 11.6 Å². The number of benzene rings is 2. The van der Waals surface area contributed by atoms with Crippen LogP contribution in [0.15, 0.2) is 53.4 Å². The predicted molar refractivity (Wildman–Crippen MR) is 94.1 cm³/mol. The lowest BCUT2D eigenvalue weighted by atomic mass is 10.2. The first-order valence-corrected chi connectivity index (χ1v) is 9.12. The fraction of sp³-hybridized carbons (Fsp3) is 0.294. The van der Waals surface area contributed by atoms with Crippen LogP contribution < -0.4 is 0 Å². The van der Waals surface area contributed by atoms with Crippen LogP contribution in [0.4, 0.5) is 8.78 Å². The Morgan fingerprint density at radius 2 is 1.48 bits per heavy atom. The van der Waals surface area contributed by atoms with Gasteiger partial charge >= 0.3 is 0 Å². The lowest BCUT2D eigenvalue weighted by Crippen LogP contribution is -2.48. The molecule has 0 saturated carbocycles. The molecular weight excluding hydrogens is 370 g/mol. The molecule has 25 heavy (non-hydrogen) atoms. The van der Waals surface area contributed by atoms with Gasteiger partial charge < -0.3 is 0 Å². The molecule has 136 valence electrons. The molecule has 0 aromatic heterocycles. The second-order valence-electron chi connectivity index (χ2n) is 5.77. The quantitative estimate of drug-likeness (QED) is 0.808. The number of rotatable bonds is 4. The SMILES string of the molecule is Cl.O=S(=O)(c1cccc(F)c1)N1CCN(Cc2cccc(F)c2)CC1. The van der Waals surface area contributed by atoms with Crippen molar-refractivity contribution in [3.8, 4) is 0 Å². The molecule has 1 aliphatic heterocycles. The molecule has 1 aliphatic rings. The molecule has 1 saturated heterocycles. The lowest BCUT2D eigenvalue weighted by Gasteiger charge is -2.34. The Morgan fingerprint density at radius 1 is 0.880 bits per heavy atom. The van der Waals surface area contributed by atoms with Crippen molar-refractivity contribution in [3.05, 3.63) is 65.7 Å². The Hall–Kier alpha value is -1.54. The molecule has 2 aromatic carbocycles. The maximum atomic E-state index is 13.3. The third-order valence-electron chi connectivity index (χ3n) is 4.06. The molecule has 8 heteroatoms. The van der Waals surface area contributed by atoms with Crippen LogP contribution in [0, 0.1) is 11.6 Å². The Labute approximate surface area is 152 Å². The fourth-order valence-corrected chi connectivity index (χ4v) is 4.25. The van der Waals surface area contributed by atoms with Crippen LogP contribution in [0.1, 0.15) is 5.56 Å². The van der Waals surface area contributed by atoms with Crippen molar-refractivity contribution in [2.24, 2.45) is 0 Å². The first kappa shape index (κ1) is 19.8. The lowest BCUT2D eigenvalue weighted by molar-refractivity contribution is 0.181. The highest BCUT2D eigenvalue weighted by Crippen LogP contribution is 2.19. The summed E-state index contributed by atoms with van der Waals surface area (Å²) < 4.78 is 52.9. The summed E-state index contributed by atoms with van der Waals surface area (Å²) in [6, 6.07) is 11.4. The number of halogens is 3. The standard InChI is InChI=1S/C17H18F2N2O2S.ClH/c18-15-4-1-3-14(11-15)13-20-7-9-21(10-8-20)24(22,23)17-6-2-5-16(19)12-17;/h1-6,11-12H,7-10,13H2;1H. The van der Waals surface area contributed by atoms with E-state index in [9.17, 15) is 17.2 Å². The van der Waals surface area contributed by atoms with Gasteiger partial charge in [-0.15, -0.1) is 12.4 Å². The zero-order valence-corrected chi connectivity index (χ0v) is 15.1. The molecule has 0 radical (unpaired) electrons. The summed E-state index contributed by atoms with van der Waals surface area (Å²) in [5.74, 6) is -0.847. The summed E-state index contributed by atoms with van der Waals surface area (Å²) in [5.41, 5.74) is 0.858. The van der Waals surface area contributed by atoms with Crippen LogP contribution in [0.2, 0.25) is 0 Å². The van der Waals surface area contributed by atoms with Gasteiger partial charge in [0.05, 0.1) is 4.90 Å². The zero-order valence-electron chi connectivity index (χ0n) is 13.4. The number of hydrogen-bond acceptors (Lipinski definition) is 3. The summed E-state index contributed by atoms with van der Waals surface area (Å²) in [5, 5.41) is 0. The normalized spacial score (nSPS) is 16.4. The molecule has 0 atom stereocenters. The van der Waals surface area contributed by atoms with Crippen LogP contribution in [-0.2, 0) is 16.6 Å². The van der Waals surface area contributed by atoms with Crippen molar-refractivity contribution in [2.75, 3.05) is 26.2 Å². The van der Waals surface area contributed by atoms with Crippen molar-refractivity contribution < 1.29 is 17.2 Å². The molecule has 0 amide bonds. The summed E-state index contributed by atoms with van der Waals surface area (Å²) >= 11 is 0. The van der Waals surface area contributed by atoms with Gasteiger partial charge in [-0.05, 0) is 35.9 Å². The summed E-state index contributed by atoms with van der Waals surface area (Å²) in [4.78, 5) is 2.05. The van der Waals surface area contributed by atoms with E-state index in [0.29, 0.717) is 32.7 Å². The van der Waals surface area contributed by atoms with E-state index >= 15 is 0 Å². The van der Waals surface area contributed by atoms with Gasteiger partial charge in [-0.25, -0.2) is 17.2 Å². The highest BCUT2D eigenvalue weighted by molar-refractivity contribution is 7.89. The molecule has 0 bridgehead atoms. The van der Waals surface area contributed by atoms with Crippen molar-refractivity contribution in [1.82, 2.24) is 9.21 Å². The summed E-state index contributed by atoms with van der Waals surface area (Å²) in [6.45, 7) is 2.32. The highest BCUT2D eigenvalue weighted by atomic mass is 35.5. The Morgan fingerprint density at radius 3 is 2.08 bits per heavy atom. The topological polar surface area (TPSA) is 40.6 Å². The van der Waals surface area contributed by atoms with Crippen LogP contribution in [0.5, 0.6) is 0 Å². The summed E-state index contributed by atoms with van der Waals surface area (Å²) in [6.07, 6.45) is 0. The average Bonchev–Trinajstić information content (AvgIpc) is 2.55. The largest absolute Gasteiger partial charge is 0.296 e. The Kier molecular flexibility index (Phi) is 6.51. The minimum Gasteiger partial charge on any atom is -0.296 e. The molecule has 4 nitrogen and oxygen atoms in total. The molecule has 3 rings (SSSR count). The number of sulfonamides is 1. The van der Waals surface area contributed by atoms with Gasteiger partial charge in [0.15, 0.2) is 0 Å². The molecule has 0 unspecified atom stereocenters. The Balaban J connectivity index is 0.00000225. The minimum atomic E-state index is -3.68. The second-order valence-corrected chi connectivity index (χ2v) is 7.71. The first-order valence-electron chi connectivity index (χ1n) is 7.68. The minimum absolute atomic E-state index is 0. The molecule has 0 aliphatic carbocycles. The molecular formula is C17H19ClF2N2O2S. The monoisotopic (exact) mass is 388 g/mol. The fourth-order valence-electron chi connectivity index (χ4n) is 2.80. The van der Waals surface area contributed by atoms with Crippen LogP contribution in [-0.4, -0.2) is 43.8 Å². The highest BCUT2D eigenvalue weighted by Gasteiger charge is 2.28. The van der Waals surface area contributed by atoms with Gasteiger partial charge in [-0.3, -0.25) is 4.90 Å². The van der Waals surface area contributed by atoms with E-state index in [1.165, 1.54) is 34.6 Å². The third-order valence-corrected chi connectivity index (χ3v) is 5.95. The van der Waals surface area contributed by atoms with E-state index in [1.54, 1.807) is 6.07 Å². The Bertz CT molecular complexity index is 825. The number of piperazine rings is 1. The van der Waals surface area contributed by atoms with Gasteiger partial charge in [0, 0.05) is 32.7 Å². The predicted octanol–water partition coefficient (Wildman–Crippen LogP) is 2.89. The summed E-state index contributed by atoms with van der Waals surface area (Å²) in [7, 11) is -3.68. The second kappa shape index (κ2) is 8.23. The van der Waals surface area contributed by atoms with Crippen molar-refractivity contribution in [2.45, 2.75) is 11.4 Å². The number of hydrogen-bond donors (Lipinski definition) is 0. The van der Waals surface area contributed by atoms with E-state index in [1.807, 2.05) is 6.07 Å². The maximum Gasteiger partial charge on any atom is 0.243 e. The third kappa shape index (κ3) is 4.76. The smallest absolute Gasteiger partial charge is 0.243 e. The molecule has 0 spiro atoms. The molecule has 0 N–H and O–H groups in total. The van der Waals surface area contributed by atoms with E-state index in [-0.39, 0.29) is 23.1 Å².